The van der Waals surface area contributed by atoms with Gasteiger partial charge in [0.15, 0.2) is 0 Å². The lowest BCUT2D eigenvalue weighted by Crippen LogP contribution is -2.46. The third-order valence-corrected chi connectivity index (χ3v) is 4.23. The summed E-state index contributed by atoms with van der Waals surface area (Å²) in [7, 11) is 6.07. The van der Waals surface area contributed by atoms with Crippen LogP contribution < -0.4 is 10.5 Å². The summed E-state index contributed by atoms with van der Waals surface area (Å²) in [4.78, 5) is 4.81. The predicted octanol–water partition coefficient (Wildman–Crippen LogP) is 1.72. The fourth-order valence-corrected chi connectivity index (χ4v) is 2.94. The van der Waals surface area contributed by atoms with Crippen molar-refractivity contribution in [1.82, 2.24) is 9.80 Å². The van der Waals surface area contributed by atoms with Gasteiger partial charge in [0.2, 0.25) is 0 Å². The van der Waals surface area contributed by atoms with Crippen LogP contribution in [0.2, 0.25) is 0 Å². The van der Waals surface area contributed by atoms with Gasteiger partial charge in [-0.2, -0.15) is 0 Å². The van der Waals surface area contributed by atoms with Crippen LogP contribution in [-0.2, 0) is 0 Å². The Morgan fingerprint density at radius 2 is 2.30 bits per heavy atom. The van der Waals surface area contributed by atoms with E-state index in [-0.39, 0.29) is 6.04 Å². The number of nitrogens with zero attached hydrogens (tertiary/aromatic N) is 2. The zero-order valence-corrected chi connectivity index (χ0v) is 12.9. The van der Waals surface area contributed by atoms with E-state index in [9.17, 15) is 0 Å². The van der Waals surface area contributed by atoms with E-state index >= 15 is 0 Å². The maximum atomic E-state index is 6.35. The van der Waals surface area contributed by atoms with E-state index in [1.54, 1.807) is 7.11 Å². The number of piperidine rings is 1. The van der Waals surface area contributed by atoms with Crippen LogP contribution in [0.3, 0.4) is 0 Å². The number of nitrogens with two attached hydrogens (primary N) is 1. The van der Waals surface area contributed by atoms with Crippen molar-refractivity contribution >= 4 is 0 Å². The Balaban J connectivity index is 1.94. The van der Waals surface area contributed by atoms with Gasteiger partial charge in [0.25, 0.3) is 0 Å². The maximum absolute atomic E-state index is 6.35. The van der Waals surface area contributed by atoms with Crippen molar-refractivity contribution in [2.45, 2.75) is 24.9 Å². The van der Waals surface area contributed by atoms with Crippen LogP contribution in [0, 0.1) is 0 Å². The molecule has 0 saturated carbocycles. The number of hydrogen-bond donors (Lipinski definition) is 1. The minimum Gasteiger partial charge on any atom is -0.497 e. The molecule has 1 aromatic rings. The first-order valence-electron chi connectivity index (χ1n) is 7.38. The molecule has 1 saturated heterocycles. The Kier molecular flexibility index (Phi) is 5.40. The molecule has 20 heavy (non-hydrogen) atoms. The number of likely N-dealkylation sites (tertiary alicyclic amines) is 1. The van der Waals surface area contributed by atoms with E-state index in [0.29, 0.717) is 6.04 Å². The molecule has 2 rings (SSSR count). The molecule has 0 radical (unpaired) electrons. The van der Waals surface area contributed by atoms with Gasteiger partial charge in [-0.25, -0.2) is 0 Å². The maximum Gasteiger partial charge on any atom is 0.119 e. The third-order valence-electron chi connectivity index (χ3n) is 4.23. The summed E-state index contributed by atoms with van der Waals surface area (Å²) in [5.41, 5.74) is 7.49. The molecule has 1 heterocycles. The summed E-state index contributed by atoms with van der Waals surface area (Å²) in [5.74, 6) is 0.873. The van der Waals surface area contributed by atoms with Crippen molar-refractivity contribution in [3.8, 4) is 5.75 Å². The molecule has 2 N–H and O–H groups in total. The second-order valence-electron chi connectivity index (χ2n) is 5.88. The Labute approximate surface area is 122 Å². The summed E-state index contributed by atoms with van der Waals surface area (Å²) >= 11 is 0. The van der Waals surface area contributed by atoms with Crippen LogP contribution >= 0.6 is 0 Å². The second-order valence-corrected chi connectivity index (χ2v) is 5.88. The number of benzene rings is 1. The highest BCUT2D eigenvalue weighted by atomic mass is 16.5. The molecule has 1 fully saturated rings. The quantitative estimate of drug-likeness (QED) is 0.890. The zero-order chi connectivity index (χ0) is 14.5. The normalized spacial score (nSPS) is 21.9. The Morgan fingerprint density at radius 1 is 1.50 bits per heavy atom. The fraction of sp³-hybridized carbons (Fsp3) is 0.625. The van der Waals surface area contributed by atoms with Gasteiger partial charge in [-0.15, -0.1) is 0 Å². The lowest BCUT2D eigenvalue weighted by Gasteiger charge is -2.37. The van der Waals surface area contributed by atoms with Gasteiger partial charge in [0.05, 0.1) is 7.11 Å². The summed E-state index contributed by atoms with van der Waals surface area (Å²) in [6.07, 6.45) is 2.55. The molecular weight excluding hydrogens is 250 g/mol. The molecule has 0 bridgehead atoms. The average Bonchev–Trinajstić information content (AvgIpc) is 2.47. The summed E-state index contributed by atoms with van der Waals surface area (Å²) in [6.45, 7) is 3.24. The molecule has 0 amide bonds. The van der Waals surface area contributed by atoms with Crippen molar-refractivity contribution in [1.29, 1.82) is 0 Å². The standard InChI is InChI=1S/C16H27N3O/c1-18-9-5-7-14(11-18)19(2)12-16(17)13-6-4-8-15(10-13)20-3/h4,6,8,10,14,16H,5,7,9,11-12,17H2,1-3H3. The van der Waals surface area contributed by atoms with E-state index in [4.69, 9.17) is 10.5 Å². The van der Waals surface area contributed by atoms with Crippen LogP contribution in [0.25, 0.3) is 0 Å². The predicted molar refractivity (Wildman–Crippen MR) is 83.1 cm³/mol. The van der Waals surface area contributed by atoms with E-state index in [1.165, 1.54) is 19.4 Å². The average molecular weight is 277 g/mol. The van der Waals surface area contributed by atoms with Gasteiger partial charge in [-0.1, -0.05) is 12.1 Å². The van der Waals surface area contributed by atoms with Crippen LogP contribution in [-0.4, -0.2) is 56.7 Å². The summed E-state index contributed by atoms with van der Waals surface area (Å²) in [6, 6.07) is 8.71. The molecule has 0 aliphatic carbocycles. The monoisotopic (exact) mass is 277 g/mol. The van der Waals surface area contributed by atoms with Crippen LogP contribution in [0.1, 0.15) is 24.4 Å². The number of methoxy groups -OCH3 is 1. The van der Waals surface area contributed by atoms with Crippen LogP contribution in [0.4, 0.5) is 0 Å². The van der Waals surface area contributed by atoms with E-state index in [2.05, 4.69) is 30.0 Å². The molecule has 1 aromatic carbocycles. The highest BCUT2D eigenvalue weighted by Crippen LogP contribution is 2.20. The van der Waals surface area contributed by atoms with Gasteiger partial charge in [-0.05, 0) is 51.2 Å². The molecule has 4 heteroatoms. The topological polar surface area (TPSA) is 41.7 Å². The minimum absolute atomic E-state index is 0.0299. The Hall–Kier alpha value is -1.10. The van der Waals surface area contributed by atoms with Crippen molar-refractivity contribution in [2.75, 3.05) is 40.8 Å². The first-order chi connectivity index (χ1) is 9.60. The molecule has 2 atom stereocenters. The van der Waals surface area contributed by atoms with Gasteiger partial charge < -0.3 is 20.3 Å². The first-order valence-corrected chi connectivity index (χ1v) is 7.38. The second kappa shape index (κ2) is 7.07. The van der Waals surface area contributed by atoms with Gasteiger partial charge in [-0.3, -0.25) is 0 Å². The highest BCUT2D eigenvalue weighted by molar-refractivity contribution is 5.30. The molecule has 2 unspecified atom stereocenters. The number of hydrogen-bond acceptors (Lipinski definition) is 4. The molecule has 1 aliphatic heterocycles. The van der Waals surface area contributed by atoms with Crippen molar-refractivity contribution < 1.29 is 4.74 Å². The smallest absolute Gasteiger partial charge is 0.119 e. The number of likely N-dealkylation sites (N-methyl/N-ethyl adjacent to an activating group) is 2. The zero-order valence-electron chi connectivity index (χ0n) is 12.9. The molecule has 112 valence electrons. The van der Waals surface area contributed by atoms with Crippen molar-refractivity contribution in [2.24, 2.45) is 5.73 Å². The van der Waals surface area contributed by atoms with Crippen LogP contribution in [0.15, 0.2) is 24.3 Å². The Bertz CT molecular complexity index is 424. The molecule has 1 aliphatic rings. The largest absolute Gasteiger partial charge is 0.497 e. The molecule has 0 spiro atoms. The lowest BCUT2D eigenvalue weighted by atomic mass is 10.0. The SMILES string of the molecule is COc1cccc(C(N)CN(C)C2CCCN(C)C2)c1. The Morgan fingerprint density at radius 3 is 3.00 bits per heavy atom. The van der Waals surface area contributed by atoms with Gasteiger partial charge in [0.1, 0.15) is 5.75 Å². The van der Waals surface area contributed by atoms with Gasteiger partial charge >= 0.3 is 0 Å². The fourth-order valence-electron chi connectivity index (χ4n) is 2.94. The lowest BCUT2D eigenvalue weighted by molar-refractivity contribution is 0.129. The van der Waals surface area contributed by atoms with E-state index in [1.807, 2.05) is 18.2 Å². The molecule has 0 aromatic heterocycles. The summed E-state index contributed by atoms with van der Waals surface area (Å²) < 4.78 is 5.26. The third kappa shape index (κ3) is 3.95. The van der Waals surface area contributed by atoms with E-state index in [0.717, 1.165) is 24.4 Å². The molecular formula is C16H27N3O. The van der Waals surface area contributed by atoms with E-state index < -0.39 is 0 Å². The number of ether oxygens (including phenoxy) is 1. The van der Waals surface area contributed by atoms with Crippen molar-refractivity contribution in [3.05, 3.63) is 29.8 Å². The van der Waals surface area contributed by atoms with Gasteiger partial charge in [0, 0.05) is 25.2 Å². The van der Waals surface area contributed by atoms with Crippen LogP contribution in [0.5, 0.6) is 5.75 Å². The minimum atomic E-state index is 0.0299. The number of rotatable bonds is 5. The first kappa shape index (κ1) is 15.3. The summed E-state index contributed by atoms with van der Waals surface area (Å²) in [5, 5.41) is 0. The van der Waals surface area contributed by atoms with Crippen molar-refractivity contribution in [3.63, 3.8) is 0 Å². The highest BCUT2D eigenvalue weighted by Gasteiger charge is 2.22. The molecule has 4 nitrogen and oxygen atoms in total.